The monoisotopic (exact) mass is 319 g/mol. The number of hydrogen-bond donors (Lipinski definition) is 3. The molecule has 1 atom stereocenters. The number of pyridine rings is 1. The Hall–Kier alpha value is -3.08. The highest BCUT2D eigenvalue weighted by Gasteiger charge is 2.23. The highest BCUT2D eigenvalue weighted by Crippen LogP contribution is 2.25. The molecule has 0 aliphatic carbocycles. The summed E-state index contributed by atoms with van der Waals surface area (Å²) in [5.41, 5.74) is 3.75. The van der Waals surface area contributed by atoms with Crippen LogP contribution in [0.5, 0.6) is 0 Å². The van der Waals surface area contributed by atoms with E-state index in [1.165, 1.54) is 0 Å². The molecular weight excluding hydrogens is 302 g/mol. The summed E-state index contributed by atoms with van der Waals surface area (Å²) in [4.78, 5) is 27.6. The fourth-order valence-electron chi connectivity index (χ4n) is 3.13. The Morgan fingerprint density at radius 2 is 1.88 bits per heavy atom. The Balaban J connectivity index is 1.81. The maximum absolute atomic E-state index is 12.5. The lowest BCUT2D eigenvalue weighted by molar-refractivity contribution is 0.0955. The quantitative estimate of drug-likeness (QED) is 0.646. The van der Waals surface area contributed by atoms with Gasteiger partial charge < -0.3 is 15.6 Å². The lowest BCUT2D eigenvalue weighted by atomic mass is 10.0. The van der Waals surface area contributed by atoms with Crippen molar-refractivity contribution in [2.24, 2.45) is 0 Å². The maximum atomic E-state index is 12.5. The second-order valence-electron chi connectivity index (χ2n) is 6.10. The van der Waals surface area contributed by atoms with Gasteiger partial charge in [0.25, 0.3) is 11.5 Å². The van der Waals surface area contributed by atoms with Crippen LogP contribution in [0.3, 0.4) is 0 Å². The third-order valence-corrected chi connectivity index (χ3v) is 4.37. The zero-order valence-electron chi connectivity index (χ0n) is 13.2. The van der Waals surface area contributed by atoms with Crippen molar-refractivity contribution < 1.29 is 4.79 Å². The maximum Gasteiger partial charge on any atom is 0.253 e. The van der Waals surface area contributed by atoms with E-state index in [1.54, 1.807) is 6.07 Å². The summed E-state index contributed by atoms with van der Waals surface area (Å²) in [6.07, 6.45) is 0. The molecule has 2 aromatic carbocycles. The van der Waals surface area contributed by atoms with Crippen molar-refractivity contribution in [1.82, 2.24) is 10.3 Å². The first-order valence-electron chi connectivity index (χ1n) is 7.89. The number of para-hydroxylation sites is 1. The molecule has 2 heterocycles. The molecule has 5 heteroatoms. The number of rotatable bonds is 1. The number of aromatic amines is 1. The number of carbonyl (C=O) groups excluding carboxylic acids is 1. The van der Waals surface area contributed by atoms with Gasteiger partial charge in [0.15, 0.2) is 0 Å². The summed E-state index contributed by atoms with van der Waals surface area (Å²) in [5, 5.41) is 7.19. The first kappa shape index (κ1) is 14.5. The van der Waals surface area contributed by atoms with Crippen LogP contribution < -0.4 is 16.2 Å². The molecule has 120 valence electrons. The van der Waals surface area contributed by atoms with Gasteiger partial charge in [-0.3, -0.25) is 9.59 Å². The van der Waals surface area contributed by atoms with E-state index in [-0.39, 0.29) is 17.5 Å². The molecule has 1 aliphatic heterocycles. The van der Waals surface area contributed by atoms with E-state index < -0.39 is 0 Å². The van der Waals surface area contributed by atoms with Gasteiger partial charge in [0.2, 0.25) is 0 Å². The van der Waals surface area contributed by atoms with E-state index >= 15 is 0 Å². The molecule has 0 spiro atoms. The molecule has 3 aromatic rings. The summed E-state index contributed by atoms with van der Waals surface area (Å²) in [7, 11) is 0. The fraction of sp³-hybridized carbons (Fsp3) is 0.158. The van der Waals surface area contributed by atoms with Crippen LogP contribution in [0.25, 0.3) is 10.9 Å². The third kappa shape index (κ3) is 2.44. The van der Waals surface area contributed by atoms with Crippen molar-refractivity contribution in [3.05, 3.63) is 75.6 Å². The molecule has 3 N–H and O–H groups in total. The number of hydrogen-bond acceptors (Lipinski definition) is 3. The summed E-state index contributed by atoms with van der Waals surface area (Å²) in [5.74, 6) is -0.131. The SMILES string of the molecule is Cc1ccc2[nH]c(=O)c(C3CNC(=O)c4ccccc4N3)cc2c1. The topological polar surface area (TPSA) is 74.0 Å². The van der Waals surface area contributed by atoms with E-state index in [9.17, 15) is 9.59 Å². The summed E-state index contributed by atoms with van der Waals surface area (Å²) in [6, 6.07) is 14.9. The number of carbonyl (C=O) groups is 1. The molecule has 0 saturated carbocycles. The molecule has 0 radical (unpaired) electrons. The number of fused-ring (bicyclic) bond motifs is 2. The van der Waals surface area contributed by atoms with Crippen LogP contribution in [0, 0.1) is 6.92 Å². The molecule has 1 aliphatic rings. The average molecular weight is 319 g/mol. The largest absolute Gasteiger partial charge is 0.376 e. The van der Waals surface area contributed by atoms with Crippen molar-refractivity contribution in [3.8, 4) is 0 Å². The molecule has 24 heavy (non-hydrogen) atoms. The van der Waals surface area contributed by atoms with E-state index in [0.717, 1.165) is 22.2 Å². The molecule has 1 unspecified atom stereocenters. The number of nitrogens with one attached hydrogen (secondary N) is 3. The van der Waals surface area contributed by atoms with E-state index in [1.807, 2.05) is 49.4 Å². The number of anilines is 1. The Kier molecular flexibility index (Phi) is 3.34. The second-order valence-corrected chi connectivity index (χ2v) is 6.10. The van der Waals surface area contributed by atoms with E-state index in [2.05, 4.69) is 15.6 Å². The summed E-state index contributed by atoms with van der Waals surface area (Å²) < 4.78 is 0. The fourth-order valence-corrected chi connectivity index (χ4v) is 3.13. The highest BCUT2D eigenvalue weighted by atomic mass is 16.1. The van der Waals surface area contributed by atoms with Gasteiger partial charge in [-0.2, -0.15) is 0 Å². The minimum Gasteiger partial charge on any atom is -0.376 e. The van der Waals surface area contributed by atoms with Gasteiger partial charge in [-0.05, 0) is 42.6 Å². The number of H-pyrrole nitrogens is 1. The first-order chi connectivity index (χ1) is 11.6. The van der Waals surface area contributed by atoms with Crippen molar-refractivity contribution in [1.29, 1.82) is 0 Å². The standard InChI is InChI=1S/C19H17N3O2/c1-11-6-7-15-12(8-11)9-14(19(24)22-15)17-10-20-18(23)13-4-2-3-5-16(13)21-17/h2-9,17,21H,10H2,1H3,(H,20,23)(H,22,24). The van der Waals surface area contributed by atoms with Gasteiger partial charge in [-0.15, -0.1) is 0 Å². The van der Waals surface area contributed by atoms with Gasteiger partial charge in [0, 0.05) is 23.3 Å². The Bertz CT molecular complexity index is 1010. The van der Waals surface area contributed by atoms with Crippen molar-refractivity contribution in [2.75, 3.05) is 11.9 Å². The zero-order valence-corrected chi connectivity index (χ0v) is 13.2. The van der Waals surface area contributed by atoms with Crippen molar-refractivity contribution in [3.63, 3.8) is 0 Å². The number of benzene rings is 2. The molecule has 4 rings (SSSR count). The minimum absolute atomic E-state index is 0.131. The van der Waals surface area contributed by atoms with Gasteiger partial charge >= 0.3 is 0 Å². The molecule has 1 aromatic heterocycles. The number of aromatic nitrogens is 1. The highest BCUT2D eigenvalue weighted by molar-refractivity contribution is 6.00. The van der Waals surface area contributed by atoms with Crippen molar-refractivity contribution in [2.45, 2.75) is 13.0 Å². The smallest absolute Gasteiger partial charge is 0.253 e. The molecule has 0 saturated heterocycles. The molecule has 5 nitrogen and oxygen atoms in total. The predicted molar refractivity (Wildman–Crippen MR) is 94.4 cm³/mol. The van der Waals surface area contributed by atoms with Gasteiger partial charge in [0.1, 0.15) is 0 Å². The van der Waals surface area contributed by atoms with Crippen LogP contribution in [0.2, 0.25) is 0 Å². The molecule has 0 bridgehead atoms. The Morgan fingerprint density at radius 1 is 1.04 bits per heavy atom. The van der Waals surface area contributed by atoms with E-state index in [0.29, 0.717) is 17.7 Å². The van der Waals surface area contributed by atoms with E-state index in [4.69, 9.17) is 0 Å². The Morgan fingerprint density at radius 3 is 2.75 bits per heavy atom. The predicted octanol–water partition coefficient (Wildman–Crippen LogP) is 2.73. The number of amides is 1. The molecular formula is C19H17N3O2. The van der Waals surface area contributed by atoms with Crippen LogP contribution >= 0.6 is 0 Å². The lowest BCUT2D eigenvalue weighted by Gasteiger charge is -2.17. The Labute approximate surface area is 138 Å². The minimum atomic E-state index is -0.286. The van der Waals surface area contributed by atoms with Crippen molar-refractivity contribution >= 4 is 22.5 Å². The summed E-state index contributed by atoms with van der Waals surface area (Å²) >= 11 is 0. The van der Waals surface area contributed by atoms with Crippen LogP contribution in [-0.2, 0) is 0 Å². The second kappa shape index (κ2) is 5.53. The molecule has 1 amide bonds. The normalized spacial score (nSPS) is 16.9. The van der Waals surface area contributed by atoms with Crippen LogP contribution in [0.4, 0.5) is 5.69 Å². The number of aryl methyl sites for hydroxylation is 1. The zero-order chi connectivity index (χ0) is 16.7. The van der Waals surface area contributed by atoms with Crippen LogP contribution in [0.15, 0.2) is 53.3 Å². The van der Waals surface area contributed by atoms with Crippen LogP contribution in [-0.4, -0.2) is 17.4 Å². The van der Waals surface area contributed by atoms with Gasteiger partial charge in [-0.25, -0.2) is 0 Å². The van der Waals surface area contributed by atoms with Gasteiger partial charge in [0.05, 0.1) is 11.6 Å². The average Bonchev–Trinajstić information content (AvgIpc) is 2.74. The lowest BCUT2D eigenvalue weighted by Crippen LogP contribution is -2.30. The van der Waals surface area contributed by atoms with Crippen LogP contribution in [0.1, 0.15) is 27.5 Å². The van der Waals surface area contributed by atoms with Gasteiger partial charge in [-0.1, -0.05) is 23.8 Å². The summed E-state index contributed by atoms with van der Waals surface area (Å²) in [6.45, 7) is 2.37. The molecule has 0 fully saturated rings. The first-order valence-corrected chi connectivity index (χ1v) is 7.89. The third-order valence-electron chi connectivity index (χ3n) is 4.37.